The maximum atomic E-state index is 12.0. The summed E-state index contributed by atoms with van der Waals surface area (Å²) in [5.74, 6) is -1.12. The van der Waals surface area contributed by atoms with Crippen LogP contribution in [0.3, 0.4) is 0 Å². The second-order valence-corrected chi connectivity index (χ2v) is 7.27. The average molecular weight is 325 g/mol. The predicted molar refractivity (Wildman–Crippen MR) is 81.3 cm³/mol. The Bertz CT molecular complexity index is 750. The van der Waals surface area contributed by atoms with Crippen LogP contribution in [0.25, 0.3) is 0 Å². The Hall–Kier alpha value is -1.70. The highest BCUT2D eigenvalue weighted by Crippen LogP contribution is 2.19. The first kappa shape index (κ1) is 15.7. The second-order valence-electron chi connectivity index (χ2n) is 4.59. The van der Waals surface area contributed by atoms with Crippen molar-refractivity contribution in [3.63, 3.8) is 0 Å². The molecule has 1 aromatic heterocycles. The SMILES string of the molecule is Cc1cccc(CCNS(=O)(=O)c2csc(C(=O)O)c2)c1. The molecule has 112 valence electrons. The van der Waals surface area contributed by atoms with Crippen molar-refractivity contribution in [2.45, 2.75) is 18.2 Å². The minimum Gasteiger partial charge on any atom is -0.477 e. The molecule has 0 spiro atoms. The van der Waals surface area contributed by atoms with E-state index in [4.69, 9.17) is 5.11 Å². The molecule has 0 saturated carbocycles. The van der Waals surface area contributed by atoms with Crippen LogP contribution in [0.1, 0.15) is 20.8 Å². The van der Waals surface area contributed by atoms with E-state index < -0.39 is 16.0 Å². The molecule has 2 aromatic rings. The molecule has 0 atom stereocenters. The molecule has 7 heteroatoms. The molecule has 1 heterocycles. The minimum atomic E-state index is -3.66. The molecule has 0 amide bonds. The maximum Gasteiger partial charge on any atom is 0.345 e. The zero-order valence-electron chi connectivity index (χ0n) is 11.4. The van der Waals surface area contributed by atoms with Gasteiger partial charge in [-0.3, -0.25) is 0 Å². The topological polar surface area (TPSA) is 83.5 Å². The number of hydrogen-bond donors (Lipinski definition) is 2. The molecule has 5 nitrogen and oxygen atoms in total. The summed E-state index contributed by atoms with van der Waals surface area (Å²) in [6, 6.07) is 9.02. The maximum absolute atomic E-state index is 12.0. The van der Waals surface area contributed by atoms with Crippen molar-refractivity contribution in [3.05, 3.63) is 51.7 Å². The van der Waals surface area contributed by atoms with Gasteiger partial charge in [0.15, 0.2) is 0 Å². The van der Waals surface area contributed by atoms with E-state index in [2.05, 4.69) is 4.72 Å². The molecule has 2 rings (SSSR count). The number of aromatic carboxylic acids is 1. The smallest absolute Gasteiger partial charge is 0.345 e. The van der Waals surface area contributed by atoms with Crippen LogP contribution in [-0.2, 0) is 16.4 Å². The Kier molecular flexibility index (Phi) is 4.76. The fourth-order valence-corrected chi connectivity index (χ4v) is 4.00. The van der Waals surface area contributed by atoms with E-state index in [0.717, 1.165) is 22.5 Å². The Morgan fingerprint density at radius 2 is 2.10 bits per heavy atom. The van der Waals surface area contributed by atoms with Gasteiger partial charge in [-0.05, 0) is 25.0 Å². The largest absolute Gasteiger partial charge is 0.477 e. The molecule has 0 bridgehead atoms. The van der Waals surface area contributed by atoms with Crippen LogP contribution in [-0.4, -0.2) is 26.0 Å². The molecular weight excluding hydrogens is 310 g/mol. The van der Waals surface area contributed by atoms with Gasteiger partial charge in [0.2, 0.25) is 10.0 Å². The van der Waals surface area contributed by atoms with E-state index in [1.54, 1.807) is 0 Å². The van der Waals surface area contributed by atoms with E-state index in [9.17, 15) is 13.2 Å². The van der Waals surface area contributed by atoms with Gasteiger partial charge in [0.05, 0.1) is 4.90 Å². The standard InChI is InChI=1S/C14H15NO4S2/c1-10-3-2-4-11(7-10)5-6-15-21(18,19)12-8-13(14(16)17)20-9-12/h2-4,7-9,15H,5-6H2,1H3,(H,16,17). The molecule has 2 N–H and O–H groups in total. The van der Waals surface area contributed by atoms with Crippen molar-refractivity contribution in [1.82, 2.24) is 4.72 Å². The molecule has 0 radical (unpaired) electrons. The van der Waals surface area contributed by atoms with Crippen LogP contribution in [0, 0.1) is 6.92 Å². The monoisotopic (exact) mass is 325 g/mol. The molecule has 1 aromatic carbocycles. The normalized spacial score (nSPS) is 11.5. The number of benzene rings is 1. The van der Waals surface area contributed by atoms with Crippen LogP contribution in [0.15, 0.2) is 40.6 Å². The molecule has 0 aliphatic heterocycles. The second kappa shape index (κ2) is 6.38. The van der Waals surface area contributed by atoms with Crippen molar-refractivity contribution >= 4 is 27.3 Å². The number of sulfonamides is 1. The Morgan fingerprint density at radius 1 is 1.33 bits per heavy atom. The number of nitrogens with one attached hydrogen (secondary N) is 1. The average Bonchev–Trinajstić information content (AvgIpc) is 2.89. The first-order valence-electron chi connectivity index (χ1n) is 6.25. The highest BCUT2D eigenvalue weighted by atomic mass is 32.2. The summed E-state index contributed by atoms with van der Waals surface area (Å²) in [6.45, 7) is 2.25. The molecule has 0 aliphatic carbocycles. The fourth-order valence-electron chi connectivity index (χ4n) is 1.85. The van der Waals surface area contributed by atoms with Gasteiger partial charge in [0.1, 0.15) is 4.88 Å². The van der Waals surface area contributed by atoms with Gasteiger partial charge in [-0.25, -0.2) is 17.9 Å². The summed E-state index contributed by atoms with van der Waals surface area (Å²) in [7, 11) is -3.66. The third kappa shape index (κ3) is 4.13. The lowest BCUT2D eigenvalue weighted by molar-refractivity contribution is 0.0702. The van der Waals surface area contributed by atoms with Crippen molar-refractivity contribution in [3.8, 4) is 0 Å². The highest BCUT2D eigenvalue weighted by Gasteiger charge is 2.17. The number of aryl methyl sites for hydroxylation is 1. The minimum absolute atomic E-state index is 0.00542. The molecule has 0 unspecified atom stereocenters. The van der Waals surface area contributed by atoms with Gasteiger partial charge in [-0.2, -0.15) is 0 Å². The molecule has 0 saturated heterocycles. The number of carboxylic acid groups (broad SMARTS) is 1. The van der Waals surface area contributed by atoms with Crippen molar-refractivity contribution in [2.24, 2.45) is 0 Å². The molecule has 21 heavy (non-hydrogen) atoms. The summed E-state index contributed by atoms with van der Waals surface area (Å²) in [5, 5.41) is 10.1. The van der Waals surface area contributed by atoms with Crippen LogP contribution < -0.4 is 4.72 Å². The number of thiophene rings is 1. The van der Waals surface area contributed by atoms with Gasteiger partial charge in [0, 0.05) is 11.9 Å². The number of hydrogen-bond acceptors (Lipinski definition) is 4. The fraction of sp³-hybridized carbons (Fsp3) is 0.214. The number of carbonyl (C=O) groups is 1. The molecule has 0 aliphatic rings. The first-order chi connectivity index (χ1) is 9.88. The third-order valence-corrected chi connectivity index (χ3v) is 5.39. The number of rotatable bonds is 6. The number of carboxylic acids is 1. The van der Waals surface area contributed by atoms with E-state index in [1.165, 1.54) is 11.4 Å². The lowest BCUT2D eigenvalue weighted by Crippen LogP contribution is -2.25. The van der Waals surface area contributed by atoms with Crippen molar-refractivity contribution in [2.75, 3.05) is 6.54 Å². The zero-order chi connectivity index (χ0) is 15.5. The van der Waals surface area contributed by atoms with Crippen LogP contribution in [0.5, 0.6) is 0 Å². The molecule has 0 fully saturated rings. The quantitative estimate of drug-likeness (QED) is 0.853. The van der Waals surface area contributed by atoms with Gasteiger partial charge in [-0.1, -0.05) is 29.8 Å². The van der Waals surface area contributed by atoms with Crippen LogP contribution in [0.4, 0.5) is 0 Å². The summed E-state index contributed by atoms with van der Waals surface area (Å²) < 4.78 is 26.5. The Labute approximate surface area is 127 Å². The van der Waals surface area contributed by atoms with Gasteiger partial charge >= 0.3 is 5.97 Å². The van der Waals surface area contributed by atoms with Crippen molar-refractivity contribution < 1.29 is 18.3 Å². The summed E-state index contributed by atoms with van der Waals surface area (Å²) in [5.41, 5.74) is 2.17. The lowest BCUT2D eigenvalue weighted by atomic mass is 10.1. The summed E-state index contributed by atoms with van der Waals surface area (Å²) in [4.78, 5) is 10.8. The Morgan fingerprint density at radius 3 is 2.71 bits per heavy atom. The lowest BCUT2D eigenvalue weighted by Gasteiger charge is -2.05. The first-order valence-corrected chi connectivity index (χ1v) is 8.62. The van der Waals surface area contributed by atoms with Gasteiger partial charge in [0.25, 0.3) is 0 Å². The predicted octanol–water partition coefficient (Wildman–Crippen LogP) is 2.28. The third-order valence-electron chi connectivity index (χ3n) is 2.88. The van der Waals surface area contributed by atoms with E-state index in [1.807, 2.05) is 31.2 Å². The highest BCUT2D eigenvalue weighted by molar-refractivity contribution is 7.89. The zero-order valence-corrected chi connectivity index (χ0v) is 13.0. The van der Waals surface area contributed by atoms with Crippen molar-refractivity contribution in [1.29, 1.82) is 0 Å². The van der Waals surface area contributed by atoms with E-state index >= 15 is 0 Å². The van der Waals surface area contributed by atoms with Crippen LogP contribution >= 0.6 is 11.3 Å². The van der Waals surface area contributed by atoms with Crippen LogP contribution in [0.2, 0.25) is 0 Å². The Balaban J connectivity index is 1.99. The molecular formula is C14H15NO4S2. The van der Waals surface area contributed by atoms with Gasteiger partial charge < -0.3 is 5.11 Å². The summed E-state index contributed by atoms with van der Waals surface area (Å²) in [6.07, 6.45) is 0.580. The van der Waals surface area contributed by atoms with Gasteiger partial charge in [-0.15, -0.1) is 11.3 Å². The summed E-state index contributed by atoms with van der Waals surface area (Å²) >= 11 is 0.898. The van der Waals surface area contributed by atoms with E-state index in [0.29, 0.717) is 6.42 Å². The van der Waals surface area contributed by atoms with E-state index in [-0.39, 0.29) is 16.3 Å².